The lowest BCUT2D eigenvalue weighted by Crippen LogP contribution is -2.20. The van der Waals surface area contributed by atoms with Gasteiger partial charge in [-0.1, -0.05) is 0 Å². The summed E-state index contributed by atoms with van der Waals surface area (Å²) in [5, 5.41) is 4.51. The molecule has 0 aliphatic carbocycles. The summed E-state index contributed by atoms with van der Waals surface area (Å²) in [5.41, 5.74) is 3.83. The van der Waals surface area contributed by atoms with Gasteiger partial charge >= 0.3 is 0 Å². The van der Waals surface area contributed by atoms with Gasteiger partial charge in [0.25, 0.3) is 0 Å². The molecule has 0 aromatic carbocycles. The van der Waals surface area contributed by atoms with Crippen molar-refractivity contribution in [2.45, 2.75) is 32.1 Å². The first kappa shape index (κ1) is 15.8. The Labute approximate surface area is 148 Å². The van der Waals surface area contributed by atoms with E-state index in [1.807, 2.05) is 33.7 Å². The maximum absolute atomic E-state index is 5.91. The number of rotatable bonds is 4. The van der Waals surface area contributed by atoms with Crippen LogP contribution in [0.1, 0.15) is 31.2 Å². The Kier molecular flexibility index (Phi) is 4.39. The Morgan fingerprint density at radius 3 is 3.08 bits per heavy atom. The second-order valence-electron chi connectivity index (χ2n) is 5.95. The van der Waals surface area contributed by atoms with Gasteiger partial charge in [-0.25, -0.2) is 9.67 Å². The van der Waals surface area contributed by atoms with Gasteiger partial charge < -0.3 is 13.9 Å². The van der Waals surface area contributed by atoms with Crippen molar-refractivity contribution in [3.63, 3.8) is 0 Å². The summed E-state index contributed by atoms with van der Waals surface area (Å²) in [4.78, 5) is 4.72. The van der Waals surface area contributed by atoms with E-state index in [-0.39, 0.29) is 6.23 Å². The number of pyridine rings is 1. The van der Waals surface area contributed by atoms with Crippen molar-refractivity contribution < 1.29 is 9.47 Å². The van der Waals surface area contributed by atoms with Crippen molar-refractivity contribution in [2.24, 2.45) is 0 Å². The van der Waals surface area contributed by atoms with E-state index >= 15 is 0 Å². The van der Waals surface area contributed by atoms with Gasteiger partial charge in [0.05, 0.1) is 18.0 Å². The maximum Gasteiger partial charge on any atom is 0.150 e. The Morgan fingerprint density at radius 2 is 2.29 bits per heavy atom. The van der Waals surface area contributed by atoms with Gasteiger partial charge in [-0.15, -0.1) is 0 Å². The van der Waals surface area contributed by atoms with E-state index in [9.17, 15) is 0 Å². The Balaban J connectivity index is 1.83. The number of fused-ring (bicyclic) bond motifs is 1. The summed E-state index contributed by atoms with van der Waals surface area (Å²) < 4.78 is 16.1. The predicted octanol–water partition coefficient (Wildman–Crippen LogP) is 3.81. The zero-order valence-corrected chi connectivity index (χ0v) is 15.1. The van der Waals surface area contributed by atoms with Gasteiger partial charge in [0, 0.05) is 42.3 Å². The number of aromatic nitrogens is 4. The van der Waals surface area contributed by atoms with E-state index in [1.165, 1.54) is 6.42 Å². The Hall–Kier alpha value is -1.70. The first-order valence-electron chi connectivity index (χ1n) is 8.08. The standard InChI is InChI=1S/C17H19BrN4O2/c1-23-11-13-10-21-9-12(18)8-14(17(21)20-13)15-5-6-19-22(15)16-4-2-3-7-24-16/h5-6,8-10,16H,2-4,7,11H2,1H3. The lowest BCUT2D eigenvalue weighted by molar-refractivity contribution is -0.0383. The lowest BCUT2D eigenvalue weighted by Gasteiger charge is -2.24. The van der Waals surface area contributed by atoms with E-state index in [4.69, 9.17) is 14.5 Å². The van der Waals surface area contributed by atoms with Gasteiger partial charge in [0.2, 0.25) is 0 Å². The van der Waals surface area contributed by atoms with Crippen LogP contribution in [0.4, 0.5) is 0 Å². The van der Waals surface area contributed by atoms with Gasteiger partial charge in [-0.2, -0.15) is 5.10 Å². The van der Waals surface area contributed by atoms with Crippen LogP contribution in [0, 0.1) is 0 Å². The average molecular weight is 391 g/mol. The monoisotopic (exact) mass is 390 g/mol. The molecule has 0 saturated carbocycles. The number of halogens is 1. The fraction of sp³-hybridized carbons (Fsp3) is 0.412. The summed E-state index contributed by atoms with van der Waals surface area (Å²) in [6, 6.07) is 4.10. The quantitative estimate of drug-likeness (QED) is 0.679. The third kappa shape index (κ3) is 2.87. The van der Waals surface area contributed by atoms with Crippen LogP contribution in [0.2, 0.25) is 0 Å². The van der Waals surface area contributed by atoms with Crippen molar-refractivity contribution >= 4 is 21.6 Å². The molecule has 1 aliphatic heterocycles. The second-order valence-corrected chi connectivity index (χ2v) is 6.87. The highest BCUT2D eigenvalue weighted by Gasteiger charge is 2.21. The number of nitrogens with zero attached hydrogens (tertiary/aromatic N) is 4. The molecule has 1 unspecified atom stereocenters. The zero-order valence-electron chi connectivity index (χ0n) is 13.5. The largest absolute Gasteiger partial charge is 0.378 e. The van der Waals surface area contributed by atoms with Crippen LogP contribution in [0.3, 0.4) is 0 Å². The minimum atomic E-state index is -0.00353. The SMILES string of the molecule is COCc1cn2cc(Br)cc(-c3ccnn3C3CCCCO3)c2n1. The maximum atomic E-state index is 5.91. The third-order valence-electron chi connectivity index (χ3n) is 4.23. The zero-order chi connectivity index (χ0) is 16.5. The van der Waals surface area contributed by atoms with Gasteiger partial charge in [-0.05, 0) is 47.3 Å². The summed E-state index contributed by atoms with van der Waals surface area (Å²) in [7, 11) is 1.68. The van der Waals surface area contributed by atoms with Crippen molar-refractivity contribution in [3.05, 3.63) is 40.9 Å². The highest BCUT2D eigenvalue weighted by Crippen LogP contribution is 2.32. The molecule has 1 fully saturated rings. The smallest absolute Gasteiger partial charge is 0.150 e. The predicted molar refractivity (Wildman–Crippen MR) is 93.7 cm³/mol. The van der Waals surface area contributed by atoms with Crippen LogP contribution < -0.4 is 0 Å². The summed E-state index contributed by atoms with van der Waals surface area (Å²) in [5.74, 6) is 0. The summed E-state index contributed by atoms with van der Waals surface area (Å²) in [6.07, 6.45) is 9.09. The first-order valence-corrected chi connectivity index (χ1v) is 8.87. The number of imidazole rings is 1. The summed E-state index contributed by atoms with van der Waals surface area (Å²) in [6.45, 7) is 1.28. The van der Waals surface area contributed by atoms with E-state index < -0.39 is 0 Å². The van der Waals surface area contributed by atoms with Crippen LogP contribution in [-0.4, -0.2) is 32.9 Å². The topological polar surface area (TPSA) is 53.6 Å². The number of ether oxygens (including phenoxy) is 2. The van der Waals surface area contributed by atoms with E-state index in [0.717, 1.165) is 46.5 Å². The highest BCUT2D eigenvalue weighted by molar-refractivity contribution is 9.10. The van der Waals surface area contributed by atoms with E-state index in [0.29, 0.717) is 6.61 Å². The molecule has 126 valence electrons. The van der Waals surface area contributed by atoms with Gasteiger partial charge in [-0.3, -0.25) is 0 Å². The Morgan fingerprint density at radius 1 is 1.38 bits per heavy atom. The van der Waals surface area contributed by atoms with Gasteiger partial charge in [0.15, 0.2) is 6.23 Å². The Bertz CT molecular complexity index is 852. The normalized spacial score (nSPS) is 18.3. The van der Waals surface area contributed by atoms with E-state index in [1.54, 1.807) is 7.11 Å². The van der Waals surface area contributed by atoms with E-state index in [2.05, 4.69) is 27.1 Å². The molecule has 0 spiro atoms. The molecule has 3 aromatic rings. The molecule has 1 saturated heterocycles. The molecule has 4 heterocycles. The van der Waals surface area contributed by atoms with Crippen LogP contribution in [0.15, 0.2) is 35.2 Å². The molecule has 3 aromatic heterocycles. The molecule has 7 heteroatoms. The van der Waals surface area contributed by atoms with Gasteiger partial charge in [0.1, 0.15) is 5.65 Å². The molecular formula is C17H19BrN4O2. The molecule has 0 bridgehead atoms. The summed E-state index contributed by atoms with van der Waals surface area (Å²) >= 11 is 3.60. The fourth-order valence-electron chi connectivity index (χ4n) is 3.19. The second kappa shape index (κ2) is 6.66. The molecule has 0 N–H and O–H groups in total. The minimum Gasteiger partial charge on any atom is -0.378 e. The molecular weight excluding hydrogens is 372 g/mol. The van der Waals surface area contributed by atoms with Crippen LogP contribution in [0.5, 0.6) is 0 Å². The highest BCUT2D eigenvalue weighted by atomic mass is 79.9. The van der Waals surface area contributed by atoms with Crippen molar-refractivity contribution in [3.8, 4) is 11.3 Å². The molecule has 0 radical (unpaired) electrons. The number of methoxy groups -OCH3 is 1. The van der Waals surface area contributed by atoms with Crippen LogP contribution in [-0.2, 0) is 16.1 Å². The van der Waals surface area contributed by atoms with Crippen molar-refractivity contribution in [1.29, 1.82) is 0 Å². The molecule has 0 amide bonds. The third-order valence-corrected chi connectivity index (χ3v) is 4.67. The van der Waals surface area contributed by atoms with Crippen molar-refractivity contribution in [2.75, 3.05) is 13.7 Å². The molecule has 1 atom stereocenters. The molecule has 24 heavy (non-hydrogen) atoms. The fourth-order valence-corrected chi connectivity index (χ4v) is 3.64. The lowest BCUT2D eigenvalue weighted by atomic mass is 10.1. The first-order chi connectivity index (χ1) is 11.8. The van der Waals surface area contributed by atoms with Crippen LogP contribution in [0.25, 0.3) is 16.9 Å². The minimum absolute atomic E-state index is 0.00353. The van der Waals surface area contributed by atoms with Crippen LogP contribution >= 0.6 is 15.9 Å². The number of hydrogen-bond acceptors (Lipinski definition) is 4. The molecule has 1 aliphatic rings. The number of hydrogen-bond donors (Lipinski definition) is 0. The molecule has 6 nitrogen and oxygen atoms in total. The molecule has 4 rings (SSSR count). The van der Waals surface area contributed by atoms with Crippen molar-refractivity contribution in [1.82, 2.24) is 19.2 Å². The average Bonchev–Trinajstić information content (AvgIpc) is 3.21.